The van der Waals surface area contributed by atoms with Gasteiger partial charge >= 0.3 is 0 Å². The fraction of sp³-hybridized carbons (Fsp3) is 0.208. The van der Waals surface area contributed by atoms with E-state index in [0.717, 1.165) is 28.1 Å². The van der Waals surface area contributed by atoms with Crippen molar-refractivity contribution in [3.05, 3.63) is 93.3 Å². The Hall–Kier alpha value is -3.36. The van der Waals surface area contributed by atoms with E-state index in [0.29, 0.717) is 11.6 Å². The van der Waals surface area contributed by atoms with Gasteiger partial charge in [0.25, 0.3) is 5.91 Å². The average Bonchev–Trinajstić information content (AvgIpc) is 3.01. The van der Waals surface area contributed by atoms with Crippen LogP contribution < -0.4 is 5.32 Å². The zero-order valence-electron chi connectivity index (χ0n) is 17.2. The first-order valence-electron chi connectivity index (χ1n) is 9.65. The van der Waals surface area contributed by atoms with Crippen LogP contribution in [0.1, 0.15) is 41.0 Å². The van der Waals surface area contributed by atoms with Crippen LogP contribution in [0.25, 0.3) is 6.08 Å². The van der Waals surface area contributed by atoms with Crippen LogP contribution in [0.15, 0.2) is 60.2 Å². The Morgan fingerprint density at radius 3 is 2.53 bits per heavy atom. The molecule has 3 aromatic rings. The van der Waals surface area contributed by atoms with Crippen molar-refractivity contribution in [2.24, 2.45) is 0 Å². The van der Waals surface area contributed by atoms with Crippen LogP contribution >= 0.6 is 11.6 Å². The number of halogens is 1. The van der Waals surface area contributed by atoms with Crippen molar-refractivity contribution in [2.75, 3.05) is 0 Å². The summed E-state index contributed by atoms with van der Waals surface area (Å²) in [5.74, 6) is -0.411. The Morgan fingerprint density at radius 1 is 1.20 bits per heavy atom. The van der Waals surface area contributed by atoms with Crippen molar-refractivity contribution in [1.29, 1.82) is 5.26 Å². The summed E-state index contributed by atoms with van der Waals surface area (Å²) in [4.78, 5) is 12.7. The molecule has 0 spiro atoms. The lowest BCUT2D eigenvalue weighted by molar-refractivity contribution is -0.117. The lowest BCUT2D eigenvalue weighted by Gasteiger charge is -2.13. The first-order valence-corrected chi connectivity index (χ1v) is 10.0. The molecule has 1 N–H and O–H groups in total. The average molecular weight is 419 g/mol. The van der Waals surface area contributed by atoms with E-state index in [4.69, 9.17) is 11.6 Å². The first-order chi connectivity index (χ1) is 14.4. The van der Waals surface area contributed by atoms with Crippen molar-refractivity contribution in [1.82, 2.24) is 15.1 Å². The standard InChI is InChI=1S/C24H23ClN4O/c1-16(19-9-5-4-6-10-19)27-24(30)21(14-26)13-22-17(2)28-29(18(22)3)15-20-11-7-8-12-23(20)25/h4-13,16H,15H2,1-3H3,(H,27,30)/b21-13+. The van der Waals surface area contributed by atoms with Gasteiger partial charge < -0.3 is 5.32 Å². The van der Waals surface area contributed by atoms with Crippen LogP contribution in [0.2, 0.25) is 5.02 Å². The predicted octanol–water partition coefficient (Wildman–Crippen LogP) is 4.99. The summed E-state index contributed by atoms with van der Waals surface area (Å²) in [6, 6.07) is 19.1. The minimum Gasteiger partial charge on any atom is -0.345 e. The number of rotatable bonds is 6. The van der Waals surface area contributed by atoms with Gasteiger partial charge in [-0.15, -0.1) is 0 Å². The summed E-state index contributed by atoms with van der Waals surface area (Å²) in [7, 11) is 0. The van der Waals surface area contributed by atoms with E-state index in [1.54, 1.807) is 6.08 Å². The Bertz CT molecular complexity index is 1130. The molecule has 1 heterocycles. The third kappa shape index (κ3) is 4.79. The molecule has 6 heteroatoms. The third-order valence-corrected chi connectivity index (χ3v) is 5.39. The smallest absolute Gasteiger partial charge is 0.262 e. The second-order valence-electron chi connectivity index (χ2n) is 7.11. The molecule has 0 bridgehead atoms. The van der Waals surface area contributed by atoms with E-state index in [-0.39, 0.29) is 11.6 Å². The first kappa shape index (κ1) is 21.4. The summed E-state index contributed by atoms with van der Waals surface area (Å²) in [5.41, 5.74) is 4.35. The van der Waals surface area contributed by atoms with Gasteiger partial charge in [0, 0.05) is 16.3 Å². The molecule has 0 saturated heterocycles. The molecule has 5 nitrogen and oxygen atoms in total. The largest absolute Gasteiger partial charge is 0.345 e. The maximum Gasteiger partial charge on any atom is 0.262 e. The summed E-state index contributed by atoms with van der Waals surface area (Å²) in [6.07, 6.45) is 1.60. The van der Waals surface area contributed by atoms with Gasteiger partial charge in [-0.05, 0) is 44.0 Å². The molecule has 30 heavy (non-hydrogen) atoms. The van der Waals surface area contributed by atoms with Crippen LogP contribution in [-0.4, -0.2) is 15.7 Å². The number of carbonyl (C=O) groups is 1. The molecule has 3 rings (SSSR count). The SMILES string of the molecule is Cc1nn(Cc2ccccc2Cl)c(C)c1/C=C(\C#N)C(=O)NC(C)c1ccccc1. The highest BCUT2D eigenvalue weighted by molar-refractivity contribution is 6.31. The number of aromatic nitrogens is 2. The van der Waals surface area contributed by atoms with E-state index < -0.39 is 5.91 Å². The van der Waals surface area contributed by atoms with Crippen molar-refractivity contribution in [3.63, 3.8) is 0 Å². The monoisotopic (exact) mass is 418 g/mol. The van der Waals surface area contributed by atoms with Gasteiger partial charge in [0.2, 0.25) is 0 Å². The maximum atomic E-state index is 12.7. The number of benzene rings is 2. The van der Waals surface area contributed by atoms with Gasteiger partial charge in [-0.1, -0.05) is 60.1 Å². The van der Waals surface area contributed by atoms with E-state index in [1.165, 1.54) is 0 Å². The van der Waals surface area contributed by atoms with Crippen LogP contribution in [0.5, 0.6) is 0 Å². The predicted molar refractivity (Wildman–Crippen MR) is 119 cm³/mol. The molecule has 1 atom stereocenters. The summed E-state index contributed by atoms with van der Waals surface area (Å²) in [5, 5.41) is 17.7. The highest BCUT2D eigenvalue weighted by atomic mass is 35.5. The number of hydrogen-bond donors (Lipinski definition) is 1. The Balaban J connectivity index is 1.83. The van der Waals surface area contributed by atoms with Crippen molar-refractivity contribution in [3.8, 4) is 6.07 Å². The highest BCUT2D eigenvalue weighted by Gasteiger charge is 2.17. The molecular weight excluding hydrogens is 396 g/mol. The lowest BCUT2D eigenvalue weighted by atomic mass is 10.1. The molecule has 1 unspecified atom stereocenters. The van der Waals surface area contributed by atoms with E-state index in [2.05, 4.69) is 10.4 Å². The molecule has 0 aliphatic rings. The molecule has 0 fully saturated rings. The topological polar surface area (TPSA) is 70.7 Å². The van der Waals surface area contributed by atoms with Gasteiger partial charge in [-0.2, -0.15) is 10.4 Å². The van der Waals surface area contributed by atoms with Crippen molar-refractivity contribution in [2.45, 2.75) is 33.4 Å². The van der Waals surface area contributed by atoms with E-state index in [9.17, 15) is 10.1 Å². The number of nitriles is 1. The molecule has 0 saturated carbocycles. The van der Waals surface area contributed by atoms with Crippen molar-refractivity contribution < 1.29 is 4.79 Å². The molecule has 2 aromatic carbocycles. The van der Waals surface area contributed by atoms with Gasteiger partial charge in [-0.25, -0.2) is 0 Å². The summed E-state index contributed by atoms with van der Waals surface area (Å²) in [6.45, 7) is 6.18. The molecule has 152 valence electrons. The molecule has 1 aromatic heterocycles. The van der Waals surface area contributed by atoms with Gasteiger partial charge in [-0.3, -0.25) is 9.48 Å². The molecular formula is C24H23ClN4O. The number of nitrogens with zero attached hydrogens (tertiary/aromatic N) is 3. The van der Waals surface area contributed by atoms with E-state index >= 15 is 0 Å². The number of amides is 1. The molecule has 0 radical (unpaired) electrons. The molecule has 1 amide bonds. The van der Waals surface area contributed by atoms with Crippen LogP contribution in [0, 0.1) is 25.2 Å². The third-order valence-electron chi connectivity index (χ3n) is 5.02. The second kappa shape index (κ2) is 9.43. The zero-order chi connectivity index (χ0) is 21.7. The number of carbonyl (C=O) groups excluding carboxylic acids is 1. The van der Waals surface area contributed by atoms with E-state index in [1.807, 2.05) is 86.1 Å². The molecule has 0 aliphatic carbocycles. The number of nitrogens with one attached hydrogen (secondary N) is 1. The van der Waals surface area contributed by atoms with Crippen LogP contribution in [0.4, 0.5) is 0 Å². The van der Waals surface area contributed by atoms with Crippen molar-refractivity contribution >= 4 is 23.6 Å². The minimum atomic E-state index is -0.411. The van der Waals surface area contributed by atoms with Crippen LogP contribution in [0.3, 0.4) is 0 Å². The lowest BCUT2D eigenvalue weighted by Crippen LogP contribution is -2.27. The maximum absolute atomic E-state index is 12.7. The highest BCUT2D eigenvalue weighted by Crippen LogP contribution is 2.21. The quantitative estimate of drug-likeness (QED) is 0.453. The Kier molecular flexibility index (Phi) is 6.71. The number of hydrogen-bond acceptors (Lipinski definition) is 3. The van der Waals surface area contributed by atoms with Gasteiger partial charge in [0.05, 0.1) is 18.3 Å². The van der Waals surface area contributed by atoms with Crippen LogP contribution in [-0.2, 0) is 11.3 Å². The Labute approximate surface area is 181 Å². The summed E-state index contributed by atoms with van der Waals surface area (Å²) < 4.78 is 1.84. The fourth-order valence-corrected chi connectivity index (χ4v) is 3.45. The zero-order valence-corrected chi connectivity index (χ0v) is 17.9. The second-order valence-corrected chi connectivity index (χ2v) is 7.52. The van der Waals surface area contributed by atoms with Gasteiger partial charge in [0.15, 0.2) is 0 Å². The number of aryl methyl sites for hydroxylation is 1. The Morgan fingerprint density at radius 2 is 1.87 bits per heavy atom. The normalized spacial score (nSPS) is 12.3. The summed E-state index contributed by atoms with van der Waals surface area (Å²) >= 11 is 6.27. The molecule has 0 aliphatic heterocycles. The fourth-order valence-electron chi connectivity index (χ4n) is 3.25. The minimum absolute atomic E-state index is 0.0428. The van der Waals surface area contributed by atoms with Gasteiger partial charge in [0.1, 0.15) is 11.6 Å².